The van der Waals surface area contributed by atoms with E-state index in [1.165, 1.54) is 18.9 Å². The first kappa shape index (κ1) is 51.0. The first-order valence-corrected chi connectivity index (χ1v) is 22.3. The maximum absolute atomic E-state index is 14.7. The van der Waals surface area contributed by atoms with Crippen molar-refractivity contribution in [3.63, 3.8) is 0 Å². The van der Waals surface area contributed by atoms with Gasteiger partial charge in [0.2, 0.25) is 23.6 Å². The number of hydrogen-bond acceptors (Lipinski definition) is 12. The van der Waals surface area contributed by atoms with E-state index >= 15 is 0 Å². The number of ether oxygens (including phenoxy) is 3. The van der Waals surface area contributed by atoms with Crippen LogP contribution in [0.3, 0.4) is 0 Å². The monoisotopic (exact) mass is 917 g/mol. The Kier molecular flexibility index (Phi) is 17.5. The average Bonchev–Trinajstić information content (AvgIpc) is 3.28. The number of nitrogens with one attached hydrogen (secondary N) is 4. The number of carbonyl (C=O) groups is 5. The molecule has 0 radical (unpaired) electrons. The third-order valence-corrected chi connectivity index (χ3v) is 11.3. The van der Waals surface area contributed by atoms with Gasteiger partial charge in [-0.05, 0) is 115 Å². The molecule has 0 spiro atoms. The Balaban J connectivity index is 1.54. The molecular weight excluding hydrogens is 855 g/mol. The van der Waals surface area contributed by atoms with E-state index < -0.39 is 53.7 Å². The highest BCUT2D eigenvalue weighted by Crippen LogP contribution is 2.40. The highest BCUT2D eigenvalue weighted by molar-refractivity contribution is 6.01. The van der Waals surface area contributed by atoms with E-state index in [1.807, 2.05) is 30.3 Å². The summed E-state index contributed by atoms with van der Waals surface area (Å²) in [4.78, 5) is 71.8. The van der Waals surface area contributed by atoms with Crippen LogP contribution in [0.25, 0.3) is 11.1 Å². The topological polar surface area (TPSA) is 266 Å². The van der Waals surface area contributed by atoms with Gasteiger partial charge in [-0.1, -0.05) is 45.0 Å². The molecule has 0 saturated carbocycles. The van der Waals surface area contributed by atoms with Crippen molar-refractivity contribution in [1.82, 2.24) is 26.2 Å². The van der Waals surface area contributed by atoms with Crippen LogP contribution in [0.4, 0.5) is 0 Å². The Morgan fingerprint density at radius 3 is 2.03 bits per heavy atom. The molecule has 4 aromatic rings. The third kappa shape index (κ3) is 12.9. The highest BCUT2D eigenvalue weighted by atomic mass is 16.5. The second-order valence-electron chi connectivity index (χ2n) is 17.5. The summed E-state index contributed by atoms with van der Waals surface area (Å²) in [6, 6.07) is 18.5. The minimum absolute atomic E-state index is 0.00381. The summed E-state index contributed by atoms with van der Waals surface area (Å²) in [5.74, 6) is -1.28. The molecule has 0 aliphatic carbocycles. The molecule has 0 saturated heterocycles. The van der Waals surface area contributed by atoms with Crippen LogP contribution in [0, 0.1) is 25.2 Å². The van der Waals surface area contributed by atoms with E-state index in [0.717, 1.165) is 5.56 Å². The van der Waals surface area contributed by atoms with Crippen LogP contribution < -0.4 is 52.7 Å². The Morgan fingerprint density at radius 2 is 1.45 bits per heavy atom. The Hall–Kier alpha value is -7.00. The smallest absolute Gasteiger partial charge is 0.252 e. The average molecular weight is 918 g/mol. The zero-order valence-electron chi connectivity index (χ0n) is 39.3. The lowest BCUT2D eigenvalue weighted by Gasteiger charge is -2.32. The standard InChI is InChI=1S/C50H63N9O8/c1-29-24-36(67-35-12-10-34(11-13-35)50(4,5)6)25-30(2)43(29)47(62)57-39(16-17-51)49(64)59(7)44-33-9-15-42(66-23-20-54)38(28-33)37-26-32(8-14-41(37)65-22-19-53)27-40(46(61)55-21-18-52)58-45(60)31(3)56-48(44)63/h8-15,24-26,28,31,39-40,44H,16-17,19-23,27,51,53-54H2,1-7H3,(H,55,61)(H,56,63)(H,57,62)(H,58,60)/t31-,39?,40-,44-/m0/s1. The maximum atomic E-state index is 14.7. The minimum Gasteiger partial charge on any atom is -0.492 e. The number of likely N-dealkylation sites (N-methyl/N-ethyl adjacent to an activating group) is 1. The van der Waals surface area contributed by atoms with E-state index in [2.05, 4.69) is 42.0 Å². The van der Waals surface area contributed by atoms with Crippen LogP contribution in [0.15, 0.2) is 72.8 Å². The number of hydrogen-bond donors (Lipinski definition) is 7. The molecule has 10 N–H and O–H groups in total. The minimum atomic E-state index is -1.39. The van der Waals surface area contributed by atoms with Gasteiger partial charge in [0.25, 0.3) is 5.91 Å². The van der Waals surface area contributed by atoms with Gasteiger partial charge < -0.3 is 57.6 Å². The van der Waals surface area contributed by atoms with Gasteiger partial charge >= 0.3 is 0 Å². The molecule has 5 rings (SSSR count). The molecule has 5 amide bonds. The van der Waals surface area contributed by atoms with Crippen LogP contribution in [0.1, 0.15) is 78.3 Å². The first-order valence-electron chi connectivity index (χ1n) is 22.3. The fourth-order valence-corrected chi connectivity index (χ4v) is 7.86. The molecule has 67 heavy (non-hydrogen) atoms. The quantitative estimate of drug-likeness (QED) is 0.0796. The van der Waals surface area contributed by atoms with Crippen molar-refractivity contribution in [2.75, 3.05) is 46.4 Å². The number of aryl methyl sites for hydroxylation is 2. The summed E-state index contributed by atoms with van der Waals surface area (Å²) >= 11 is 0. The summed E-state index contributed by atoms with van der Waals surface area (Å²) in [6.45, 7) is 11.8. The summed E-state index contributed by atoms with van der Waals surface area (Å²) < 4.78 is 18.4. The predicted octanol–water partition coefficient (Wildman–Crippen LogP) is 3.57. The van der Waals surface area contributed by atoms with Gasteiger partial charge in [-0.15, -0.1) is 0 Å². The van der Waals surface area contributed by atoms with Crippen LogP contribution >= 0.6 is 0 Å². The van der Waals surface area contributed by atoms with Crippen molar-refractivity contribution in [1.29, 1.82) is 5.26 Å². The largest absolute Gasteiger partial charge is 0.492 e. The molecule has 4 bridgehead atoms. The number of fused-ring (bicyclic) bond motifs is 5. The second-order valence-corrected chi connectivity index (χ2v) is 17.5. The number of amides is 5. The normalized spacial score (nSPS) is 16.5. The van der Waals surface area contributed by atoms with Crippen molar-refractivity contribution in [2.45, 2.75) is 84.0 Å². The van der Waals surface area contributed by atoms with Crippen molar-refractivity contribution in [2.24, 2.45) is 17.2 Å². The summed E-state index contributed by atoms with van der Waals surface area (Å²) in [7, 11) is 1.43. The van der Waals surface area contributed by atoms with Crippen LogP contribution in [-0.2, 0) is 31.0 Å². The number of benzene rings is 4. The number of nitrogens with two attached hydrogens (primary N) is 3. The van der Waals surface area contributed by atoms with E-state index in [1.54, 1.807) is 62.4 Å². The summed E-state index contributed by atoms with van der Waals surface area (Å²) in [5, 5.41) is 20.0. The number of carbonyl (C=O) groups excluding carboxylic acids is 5. The zero-order chi connectivity index (χ0) is 49.0. The number of rotatable bonds is 16. The van der Waals surface area contributed by atoms with Gasteiger partial charge in [0, 0.05) is 43.2 Å². The van der Waals surface area contributed by atoms with Crippen molar-refractivity contribution < 1.29 is 38.2 Å². The van der Waals surface area contributed by atoms with Crippen LogP contribution in [0.2, 0.25) is 0 Å². The van der Waals surface area contributed by atoms with Gasteiger partial charge in [0.05, 0.1) is 6.07 Å². The van der Waals surface area contributed by atoms with Gasteiger partial charge in [-0.3, -0.25) is 24.0 Å². The lowest BCUT2D eigenvalue weighted by Crippen LogP contribution is -2.56. The molecule has 1 unspecified atom stereocenters. The molecular formula is C50H63N9O8. The summed E-state index contributed by atoms with van der Waals surface area (Å²) in [6.07, 6.45) is 0.0246. The zero-order valence-corrected chi connectivity index (χ0v) is 39.3. The SMILES string of the molecule is Cc1cc(Oc2ccc(C(C)(C)C)cc2)cc(C)c1C(=O)NC(CCN)C(=O)N(C)[C@@H]1C(=O)N[C@@H](C)C(=O)N[C@H](C(=O)NCC#N)Cc2ccc(OCCN)c(c2)-c2cc1ccc2OCCN. The molecule has 17 nitrogen and oxygen atoms in total. The molecule has 4 aromatic carbocycles. The van der Waals surface area contributed by atoms with E-state index in [-0.39, 0.29) is 57.6 Å². The summed E-state index contributed by atoms with van der Waals surface area (Å²) in [5.41, 5.74) is 22.3. The number of nitrogens with zero attached hydrogens (tertiary/aromatic N) is 2. The fraction of sp³-hybridized carbons (Fsp3) is 0.400. The molecule has 1 heterocycles. The molecule has 356 valence electrons. The lowest BCUT2D eigenvalue weighted by molar-refractivity contribution is -0.141. The molecule has 1 aliphatic rings. The molecule has 1 aliphatic heterocycles. The Morgan fingerprint density at radius 1 is 0.836 bits per heavy atom. The Labute approximate surface area is 392 Å². The molecule has 0 fully saturated rings. The lowest BCUT2D eigenvalue weighted by atomic mass is 9.87. The molecule has 17 heteroatoms. The highest BCUT2D eigenvalue weighted by Gasteiger charge is 2.36. The van der Waals surface area contributed by atoms with E-state index in [9.17, 15) is 29.2 Å². The first-order chi connectivity index (χ1) is 31.9. The second kappa shape index (κ2) is 22.9. The van der Waals surface area contributed by atoms with Gasteiger partial charge in [-0.25, -0.2) is 0 Å². The van der Waals surface area contributed by atoms with Crippen LogP contribution in [-0.4, -0.2) is 99.0 Å². The van der Waals surface area contributed by atoms with Gasteiger partial charge in [-0.2, -0.15) is 5.26 Å². The maximum Gasteiger partial charge on any atom is 0.252 e. The molecule has 0 aromatic heterocycles. The van der Waals surface area contributed by atoms with Crippen molar-refractivity contribution >= 4 is 29.5 Å². The number of nitriles is 1. The molecule has 4 atom stereocenters. The van der Waals surface area contributed by atoms with Crippen LogP contribution in [0.5, 0.6) is 23.0 Å². The predicted molar refractivity (Wildman–Crippen MR) is 254 cm³/mol. The van der Waals surface area contributed by atoms with Gasteiger partial charge in [0.1, 0.15) is 66.9 Å². The third-order valence-electron chi connectivity index (χ3n) is 11.3. The van der Waals surface area contributed by atoms with Gasteiger partial charge in [0.15, 0.2) is 0 Å². The van der Waals surface area contributed by atoms with E-state index in [0.29, 0.717) is 61.9 Å². The van der Waals surface area contributed by atoms with Crippen molar-refractivity contribution in [3.05, 3.63) is 106 Å². The van der Waals surface area contributed by atoms with E-state index in [4.69, 9.17) is 31.4 Å². The van der Waals surface area contributed by atoms with Crippen molar-refractivity contribution in [3.8, 4) is 40.2 Å². The Bertz CT molecular complexity index is 2460. The fourth-order valence-electron chi connectivity index (χ4n) is 7.86.